The molecule has 0 aliphatic heterocycles. The van der Waals surface area contributed by atoms with Crippen molar-refractivity contribution >= 4 is 12.4 Å². The van der Waals surface area contributed by atoms with Crippen LogP contribution in [0.2, 0.25) is 0 Å². The first-order valence-corrected chi connectivity index (χ1v) is 5.94. The van der Waals surface area contributed by atoms with Gasteiger partial charge in [-0.05, 0) is 27.7 Å². The van der Waals surface area contributed by atoms with Crippen molar-refractivity contribution in [3.05, 3.63) is 23.8 Å². The molecule has 0 N–H and O–H groups in total. The summed E-state index contributed by atoms with van der Waals surface area (Å²) in [4.78, 5) is 32.3. The van der Waals surface area contributed by atoms with Crippen LogP contribution in [0.3, 0.4) is 0 Å². The van der Waals surface area contributed by atoms with E-state index in [0.717, 1.165) is 0 Å². The van der Waals surface area contributed by atoms with E-state index >= 15 is 0 Å². The van der Waals surface area contributed by atoms with Gasteiger partial charge in [0.2, 0.25) is 0 Å². The normalized spacial score (nSPS) is 12.7. The molecule has 0 radical (unpaired) electrons. The summed E-state index contributed by atoms with van der Waals surface area (Å²) < 4.78 is 5.23. The fraction of sp³-hybridized carbons (Fsp3) is 0.538. The van der Waals surface area contributed by atoms with Gasteiger partial charge in [0.15, 0.2) is 0 Å². The van der Waals surface area contributed by atoms with Gasteiger partial charge in [0.05, 0.1) is 0 Å². The largest absolute Gasteiger partial charge is 0.444 e. The minimum absolute atomic E-state index is 0.562. The topological polar surface area (TPSA) is 72.4 Å². The standard InChI is InChI=1S/C13H19N3O3/c1-9-10(6-14-8-15-9)11(7-17)16(5)12(18)19-13(2,3)4/h6-8,11H,1-5H3. The Labute approximate surface area is 112 Å². The zero-order chi connectivity index (χ0) is 14.6. The Hall–Kier alpha value is -1.98. The van der Waals surface area contributed by atoms with Gasteiger partial charge in [-0.3, -0.25) is 4.90 Å². The Morgan fingerprint density at radius 3 is 2.58 bits per heavy atom. The molecule has 0 saturated heterocycles. The Morgan fingerprint density at radius 1 is 1.47 bits per heavy atom. The highest BCUT2D eigenvalue weighted by atomic mass is 16.6. The first-order chi connectivity index (χ1) is 8.76. The lowest BCUT2D eigenvalue weighted by Gasteiger charge is -2.28. The van der Waals surface area contributed by atoms with Crippen molar-refractivity contribution < 1.29 is 14.3 Å². The predicted octanol–water partition coefficient (Wildman–Crippen LogP) is 1.89. The molecule has 6 heteroatoms. The van der Waals surface area contributed by atoms with Crippen LogP contribution in [0.15, 0.2) is 12.5 Å². The van der Waals surface area contributed by atoms with Crippen LogP contribution in [0, 0.1) is 6.92 Å². The van der Waals surface area contributed by atoms with Crippen molar-refractivity contribution in [1.29, 1.82) is 0 Å². The van der Waals surface area contributed by atoms with Gasteiger partial charge >= 0.3 is 6.09 Å². The third-order valence-electron chi connectivity index (χ3n) is 2.50. The number of likely N-dealkylation sites (N-methyl/N-ethyl adjacent to an activating group) is 1. The second-order valence-corrected chi connectivity index (χ2v) is 5.24. The van der Waals surface area contributed by atoms with E-state index in [-0.39, 0.29) is 0 Å². The summed E-state index contributed by atoms with van der Waals surface area (Å²) in [6.07, 6.45) is 3.04. The van der Waals surface area contributed by atoms with E-state index in [2.05, 4.69) is 9.97 Å². The van der Waals surface area contributed by atoms with Gasteiger partial charge < -0.3 is 9.53 Å². The van der Waals surface area contributed by atoms with Crippen LogP contribution in [0.25, 0.3) is 0 Å². The SMILES string of the molecule is Cc1ncncc1C(C=O)N(C)C(=O)OC(C)(C)C. The average molecular weight is 265 g/mol. The third kappa shape index (κ3) is 4.01. The smallest absolute Gasteiger partial charge is 0.410 e. The number of carbonyl (C=O) groups is 2. The molecule has 0 aromatic carbocycles. The van der Waals surface area contributed by atoms with Crippen LogP contribution in [-0.2, 0) is 9.53 Å². The van der Waals surface area contributed by atoms with Gasteiger partial charge in [0.25, 0.3) is 0 Å². The molecular formula is C13H19N3O3. The summed E-state index contributed by atoms with van der Waals surface area (Å²) in [5.41, 5.74) is 0.634. The van der Waals surface area contributed by atoms with Gasteiger partial charge in [0.1, 0.15) is 24.3 Å². The van der Waals surface area contributed by atoms with Crippen LogP contribution in [-0.4, -0.2) is 39.9 Å². The zero-order valence-corrected chi connectivity index (χ0v) is 11.9. The third-order valence-corrected chi connectivity index (χ3v) is 2.50. The molecule has 0 aliphatic rings. The minimum atomic E-state index is -0.754. The maximum atomic E-state index is 11.9. The summed E-state index contributed by atoms with van der Waals surface area (Å²) in [6.45, 7) is 7.07. The maximum absolute atomic E-state index is 11.9. The van der Waals surface area contributed by atoms with Gasteiger partial charge in [-0.2, -0.15) is 0 Å². The molecule has 0 aliphatic carbocycles. The second-order valence-electron chi connectivity index (χ2n) is 5.24. The first-order valence-electron chi connectivity index (χ1n) is 5.94. The van der Waals surface area contributed by atoms with E-state index in [0.29, 0.717) is 17.5 Å². The summed E-state index contributed by atoms with van der Waals surface area (Å²) in [7, 11) is 1.51. The summed E-state index contributed by atoms with van der Waals surface area (Å²) in [5.74, 6) is 0. The number of hydrogen-bond acceptors (Lipinski definition) is 5. The summed E-state index contributed by atoms with van der Waals surface area (Å²) >= 11 is 0. The highest BCUT2D eigenvalue weighted by Crippen LogP contribution is 2.21. The molecule has 1 amide bonds. The lowest BCUT2D eigenvalue weighted by molar-refractivity contribution is -0.112. The number of ether oxygens (including phenoxy) is 1. The number of rotatable bonds is 3. The Morgan fingerprint density at radius 2 is 2.11 bits per heavy atom. The molecule has 1 rings (SSSR count). The predicted molar refractivity (Wildman–Crippen MR) is 69.6 cm³/mol. The number of amides is 1. The number of aryl methyl sites for hydroxylation is 1. The van der Waals surface area contributed by atoms with Crippen LogP contribution < -0.4 is 0 Å². The molecule has 1 aromatic rings. The number of carbonyl (C=O) groups excluding carboxylic acids is 2. The molecule has 0 spiro atoms. The lowest BCUT2D eigenvalue weighted by atomic mass is 10.1. The van der Waals surface area contributed by atoms with Crippen molar-refractivity contribution in [1.82, 2.24) is 14.9 Å². The van der Waals surface area contributed by atoms with E-state index < -0.39 is 17.7 Å². The van der Waals surface area contributed by atoms with Crippen molar-refractivity contribution in [3.63, 3.8) is 0 Å². The molecule has 0 fully saturated rings. The van der Waals surface area contributed by atoms with Gasteiger partial charge in [-0.25, -0.2) is 14.8 Å². The van der Waals surface area contributed by atoms with E-state index in [1.807, 2.05) is 0 Å². The first kappa shape index (κ1) is 15.1. The Kier molecular flexibility index (Phi) is 4.58. The van der Waals surface area contributed by atoms with Crippen molar-refractivity contribution in [2.75, 3.05) is 7.05 Å². The lowest BCUT2D eigenvalue weighted by Crippen LogP contribution is -2.37. The van der Waals surface area contributed by atoms with E-state index in [1.54, 1.807) is 27.7 Å². The van der Waals surface area contributed by atoms with Gasteiger partial charge in [-0.15, -0.1) is 0 Å². The Bertz CT molecular complexity index is 468. The minimum Gasteiger partial charge on any atom is -0.444 e. The maximum Gasteiger partial charge on any atom is 0.410 e. The fourth-order valence-electron chi connectivity index (χ4n) is 1.51. The quantitative estimate of drug-likeness (QED) is 0.780. The molecule has 104 valence electrons. The molecule has 0 saturated carbocycles. The molecule has 1 unspecified atom stereocenters. The molecule has 6 nitrogen and oxygen atoms in total. The zero-order valence-electron chi connectivity index (χ0n) is 11.9. The molecule has 1 atom stereocenters. The van der Waals surface area contributed by atoms with Gasteiger partial charge in [-0.1, -0.05) is 0 Å². The van der Waals surface area contributed by atoms with Crippen molar-refractivity contribution in [2.24, 2.45) is 0 Å². The molecule has 1 aromatic heterocycles. The number of hydrogen-bond donors (Lipinski definition) is 0. The van der Waals surface area contributed by atoms with Gasteiger partial charge in [0, 0.05) is 24.5 Å². The molecule has 1 heterocycles. The summed E-state index contributed by atoms with van der Waals surface area (Å²) in [5, 5.41) is 0. The summed E-state index contributed by atoms with van der Waals surface area (Å²) in [6, 6.07) is -0.754. The van der Waals surface area contributed by atoms with Crippen LogP contribution in [0.5, 0.6) is 0 Å². The number of nitrogens with zero attached hydrogens (tertiary/aromatic N) is 3. The Balaban J connectivity index is 2.95. The molecule has 0 bridgehead atoms. The monoisotopic (exact) mass is 265 g/mol. The average Bonchev–Trinajstić information content (AvgIpc) is 2.30. The fourth-order valence-corrected chi connectivity index (χ4v) is 1.51. The molecular weight excluding hydrogens is 246 g/mol. The van der Waals surface area contributed by atoms with Crippen LogP contribution in [0.1, 0.15) is 38.1 Å². The van der Waals surface area contributed by atoms with Crippen LogP contribution >= 0.6 is 0 Å². The number of aldehydes is 1. The molecule has 19 heavy (non-hydrogen) atoms. The van der Waals surface area contributed by atoms with Crippen molar-refractivity contribution in [2.45, 2.75) is 39.3 Å². The highest BCUT2D eigenvalue weighted by Gasteiger charge is 2.27. The van der Waals surface area contributed by atoms with Crippen molar-refractivity contribution in [3.8, 4) is 0 Å². The van der Waals surface area contributed by atoms with Crippen LogP contribution in [0.4, 0.5) is 4.79 Å². The van der Waals surface area contributed by atoms with E-state index in [9.17, 15) is 9.59 Å². The second kappa shape index (κ2) is 5.77. The highest BCUT2D eigenvalue weighted by molar-refractivity contribution is 5.74. The van der Waals surface area contributed by atoms with E-state index in [1.165, 1.54) is 24.5 Å². The van der Waals surface area contributed by atoms with E-state index in [4.69, 9.17) is 4.74 Å². The number of aromatic nitrogens is 2.